The molecule has 0 heterocycles. The maximum absolute atomic E-state index is 13.3. The monoisotopic (exact) mass is 551 g/mol. The summed E-state index contributed by atoms with van der Waals surface area (Å²) in [7, 11) is 0. The van der Waals surface area contributed by atoms with Crippen LogP contribution in [0.15, 0.2) is 42.5 Å². The molecule has 0 aliphatic heterocycles. The van der Waals surface area contributed by atoms with Gasteiger partial charge < -0.3 is 26.2 Å². The Morgan fingerprint density at radius 2 is 1.56 bits per heavy atom. The van der Waals surface area contributed by atoms with Crippen LogP contribution in [-0.2, 0) is 27.5 Å². The van der Waals surface area contributed by atoms with Crippen LogP contribution in [0.3, 0.4) is 0 Å². The van der Waals surface area contributed by atoms with Crippen molar-refractivity contribution in [2.75, 3.05) is 6.61 Å². The van der Waals surface area contributed by atoms with E-state index in [2.05, 4.69) is 10.6 Å². The van der Waals surface area contributed by atoms with Crippen LogP contribution in [-0.4, -0.2) is 41.7 Å². The van der Waals surface area contributed by atoms with Crippen molar-refractivity contribution in [3.05, 3.63) is 71.0 Å². The minimum absolute atomic E-state index is 0.0348. The zero-order valence-electron chi connectivity index (χ0n) is 22.9. The minimum atomic E-state index is -1.10. The molecule has 5 N–H and O–H groups in total. The second-order valence-electron chi connectivity index (χ2n) is 10.3. The van der Waals surface area contributed by atoms with E-state index in [0.29, 0.717) is 12.0 Å². The molecule has 0 bridgehead atoms. The Balaban J connectivity index is 1.95. The van der Waals surface area contributed by atoms with E-state index in [1.165, 1.54) is 12.1 Å². The van der Waals surface area contributed by atoms with Crippen molar-refractivity contribution < 1.29 is 32.6 Å². The van der Waals surface area contributed by atoms with Gasteiger partial charge in [-0.2, -0.15) is 0 Å². The quantitative estimate of drug-likeness (QED) is 0.269. The van der Waals surface area contributed by atoms with E-state index in [1.54, 1.807) is 12.1 Å². The lowest BCUT2D eigenvalue weighted by atomic mass is 9.86. The highest BCUT2D eigenvalue weighted by molar-refractivity contribution is 5.88. The third kappa shape index (κ3) is 10.6. The van der Waals surface area contributed by atoms with Crippen LogP contribution >= 0.6 is 0 Å². The van der Waals surface area contributed by atoms with Gasteiger partial charge in [-0.05, 0) is 53.6 Å². The first kappa shape index (κ1) is 32.3. The molecule has 0 saturated carbocycles. The van der Waals surface area contributed by atoms with Gasteiger partial charge in [0.05, 0.1) is 25.4 Å². The van der Waals surface area contributed by atoms with Crippen molar-refractivity contribution in [3.8, 4) is 0 Å². The zero-order valence-corrected chi connectivity index (χ0v) is 22.9. The summed E-state index contributed by atoms with van der Waals surface area (Å²) in [5.41, 5.74) is 7.09. The topological polar surface area (TPSA) is 114 Å². The summed E-state index contributed by atoms with van der Waals surface area (Å²) in [6.45, 7) is 7.46. The van der Waals surface area contributed by atoms with Gasteiger partial charge in [-0.25, -0.2) is 13.2 Å². The average Bonchev–Trinajstić information content (AvgIpc) is 2.88. The van der Waals surface area contributed by atoms with E-state index in [4.69, 9.17) is 10.5 Å². The van der Waals surface area contributed by atoms with E-state index in [0.717, 1.165) is 23.8 Å². The molecule has 0 fully saturated rings. The maximum Gasteiger partial charge on any atom is 0.243 e. The third-order valence-electron chi connectivity index (χ3n) is 6.81. The van der Waals surface area contributed by atoms with Crippen LogP contribution in [0.4, 0.5) is 13.2 Å². The lowest BCUT2D eigenvalue weighted by molar-refractivity contribution is -0.134. The molecule has 39 heavy (non-hydrogen) atoms. The van der Waals surface area contributed by atoms with Gasteiger partial charge in [0.2, 0.25) is 11.8 Å². The number of aliphatic hydroxyl groups is 1. The number of carbonyl (C=O) groups excluding carboxylic acids is 2. The molecular formula is C29H40F3N3O4. The third-order valence-corrected chi connectivity index (χ3v) is 6.81. The first-order chi connectivity index (χ1) is 18.4. The fourth-order valence-electron chi connectivity index (χ4n) is 4.10. The molecule has 0 radical (unpaired) electrons. The Morgan fingerprint density at radius 3 is 2.13 bits per heavy atom. The first-order valence-corrected chi connectivity index (χ1v) is 13.2. The van der Waals surface area contributed by atoms with Crippen LogP contribution in [0.2, 0.25) is 0 Å². The highest BCUT2D eigenvalue weighted by atomic mass is 19.1. The molecule has 0 aromatic heterocycles. The fourth-order valence-corrected chi connectivity index (χ4v) is 4.10. The Hall–Kier alpha value is -2.95. The molecule has 2 rings (SSSR count). The van der Waals surface area contributed by atoms with Crippen LogP contribution in [0.25, 0.3) is 0 Å². The smallest absolute Gasteiger partial charge is 0.243 e. The Morgan fingerprint density at radius 1 is 0.949 bits per heavy atom. The van der Waals surface area contributed by atoms with Gasteiger partial charge in [0, 0.05) is 18.5 Å². The molecule has 0 saturated heterocycles. The molecule has 5 atom stereocenters. The Kier molecular flexibility index (Phi) is 12.9. The average molecular weight is 552 g/mol. The Labute approximate surface area is 228 Å². The van der Waals surface area contributed by atoms with Gasteiger partial charge in [0.15, 0.2) is 0 Å². The molecule has 2 aromatic rings. The van der Waals surface area contributed by atoms with Crippen molar-refractivity contribution in [2.45, 2.75) is 71.9 Å². The number of nitrogens with one attached hydrogen (secondary N) is 2. The number of nitrogens with two attached hydrogens (primary N) is 1. The number of carbonyl (C=O) groups is 2. The normalized spacial score (nSPS) is 15.3. The number of amides is 2. The van der Waals surface area contributed by atoms with Gasteiger partial charge >= 0.3 is 0 Å². The maximum atomic E-state index is 13.3. The highest BCUT2D eigenvalue weighted by Gasteiger charge is 2.32. The van der Waals surface area contributed by atoms with Gasteiger partial charge in [0.1, 0.15) is 23.5 Å². The largest absolute Gasteiger partial charge is 0.391 e. The summed E-state index contributed by atoms with van der Waals surface area (Å²) >= 11 is 0. The zero-order chi connectivity index (χ0) is 29.1. The standard InChI is InChI=1S/C29H40F3N3O4/c1-5-18(4)27(29(38)34-14-19-6-8-21(30)9-7-19)35-28(37)24(17(2)3)13-26(36)25(33)16-39-15-20-10-22(31)12-23(32)11-20/h6-12,17-18,24-27,36H,5,13-16,33H2,1-4H3,(H,34,38)(H,35,37)/t18-,24-,25-,26-,27-/m0/s1. The van der Waals surface area contributed by atoms with E-state index in [1.807, 2.05) is 27.7 Å². The van der Waals surface area contributed by atoms with E-state index >= 15 is 0 Å². The molecule has 7 nitrogen and oxygen atoms in total. The van der Waals surface area contributed by atoms with Gasteiger partial charge in [-0.3, -0.25) is 9.59 Å². The SMILES string of the molecule is CC[C@H](C)[C@H](NC(=O)[C@@H](C[C@H](O)[C@@H](N)COCc1cc(F)cc(F)c1)C(C)C)C(=O)NCc1ccc(F)cc1. The van der Waals surface area contributed by atoms with E-state index in [-0.39, 0.29) is 55.6 Å². The molecule has 2 amide bonds. The molecule has 0 spiro atoms. The van der Waals surface area contributed by atoms with Crippen molar-refractivity contribution >= 4 is 11.8 Å². The summed E-state index contributed by atoms with van der Waals surface area (Å²) in [4.78, 5) is 26.3. The number of rotatable bonds is 15. The molecule has 10 heteroatoms. The molecule has 0 unspecified atom stereocenters. The summed E-state index contributed by atoms with van der Waals surface area (Å²) in [5.74, 6) is -3.51. The number of aliphatic hydroxyl groups excluding tert-OH is 1. The summed E-state index contributed by atoms with van der Waals surface area (Å²) in [6.07, 6.45) is -0.421. The van der Waals surface area contributed by atoms with Crippen molar-refractivity contribution in [3.63, 3.8) is 0 Å². The van der Waals surface area contributed by atoms with Crippen molar-refractivity contribution in [2.24, 2.45) is 23.5 Å². The number of ether oxygens (including phenoxy) is 1. The first-order valence-electron chi connectivity index (χ1n) is 13.2. The van der Waals surface area contributed by atoms with E-state index < -0.39 is 35.7 Å². The van der Waals surface area contributed by atoms with Gasteiger partial charge in [-0.1, -0.05) is 46.2 Å². The van der Waals surface area contributed by atoms with Crippen LogP contribution in [0.5, 0.6) is 0 Å². The number of halogens is 3. The second kappa shape index (κ2) is 15.6. The van der Waals surface area contributed by atoms with Gasteiger partial charge in [0.25, 0.3) is 0 Å². The summed E-state index contributed by atoms with van der Waals surface area (Å²) in [6, 6.07) is 7.18. The summed E-state index contributed by atoms with van der Waals surface area (Å²) in [5, 5.41) is 16.3. The molecule has 216 valence electrons. The number of hydrogen-bond donors (Lipinski definition) is 4. The Bertz CT molecular complexity index is 1050. The number of hydrogen-bond acceptors (Lipinski definition) is 5. The van der Waals surface area contributed by atoms with Crippen LogP contribution in [0, 0.1) is 35.2 Å². The van der Waals surface area contributed by atoms with Crippen molar-refractivity contribution in [1.29, 1.82) is 0 Å². The predicted molar refractivity (Wildman–Crippen MR) is 143 cm³/mol. The van der Waals surface area contributed by atoms with Crippen LogP contribution in [0.1, 0.15) is 51.7 Å². The van der Waals surface area contributed by atoms with E-state index in [9.17, 15) is 27.9 Å². The predicted octanol–water partition coefficient (Wildman–Crippen LogP) is 3.82. The molecule has 2 aromatic carbocycles. The van der Waals surface area contributed by atoms with Crippen LogP contribution < -0.4 is 16.4 Å². The molecule has 0 aliphatic carbocycles. The molecule has 0 aliphatic rings. The summed E-state index contributed by atoms with van der Waals surface area (Å²) < 4.78 is 45.3. The lowest BCUT2D eigenvalue weighted by Crippen LogP contribution is -2.52. The lowest BCUT2D eigenvalue weighted by Gasteiger charge is -2.29. The van der Waals surface area contributed by atoms with Gasteiger partial charge in [-0.15, -0.1) is 0 Å². The van der Waals surface area contributed by atoms with Crippen molar-refractivity contribution in [1.82, 2.24) is 10.6 Å². The minimum Gasteiger partial charge on any atom is -0.391 e. The highest BCUT2D eigenvalue weighted by Crippen LogP contribution is 2.21. The molecular weight excluding hydrogens is 511 g/mol. The second-order valence-corrected chi connectivity index (χ2v) is 10.3. The number of benzene rings is 2. The fraction of sp³-hybridized carbons (Fsp3) is 0.517.